The molecule has 2 aromatic carbocycles. The van der Waals surface area contributed by atoms with E-state index >= 15 is 0 Å². The molecule has 29 heavy (non-hydrogen) atoms. The molecule has 1 aliphatic heterocycles. The van der Waals surface area contributed by atoms with Gasteiger partial charge in [0.25, 0.3) is 0 Å². The maximum Gasteiger partial charge on any atom is 0.243 e. The lowest BCUT2D eigenvalue weighted by Crippen LogP contribution is -2.50. The third-order valence-electron chi connectivity index (χ3n) is 4.94. The molecule has 2 N–H and O–H groups in total. The van der Waals surface area contributed by atoms with Crippen molar-refractivity contribution in [1.82, 2.24) is 4.31 Å². The van der Waals surface area contributed by atoms with Crippen LogP contribution >= 0.6 is 23.2 Å². The van der Waals surface area contributed by atoms with Crippen molar-refractivity contribution in [2.45, 2.75) is 24.2 Å². The van der Waals surface area contributed by atoms with Crippen molar-refractivity contribution in [1.29, 1.82) is 0 Å². The van der Waals surface area contributed by atoms with Crippen LogP contribution in [0.25, 0.3) is 0 Å². The van der Waals surface area contributed by atoms with Gasteiger partial charge in [-0.1, -0.05) is 41.4 Å². The van der Waals surface area contributed by atoms with E-state index in [0.717, 1.165) is 0 Å². The van der Waals surface area contributed by atoms with Gasteiger partial charge in [-0.05, 0) is 43.2 Å². The molecule has 0 bridgehead atoms. The fraction of sp³-hybridized carbons (Fsp3) is 0.350. The normalized spacial score (nSPS) is 20.3. The quantitative estimate of drug-likeness (QED) is 0.687. The number of ether oxygens (including phenoxy) is 1. The number of sulfonamides is 1. The largest absolute Gasteiger partial charge is 0.493 e. The van der Waals surface area contributed by atoms with E-state index in [9.17, 15) is 13.2 Å². The second-order valence-corrected chi connectivity index (χ2v) is 10.1. The van der Waals surface area contributed by atoms with Crippen molar-refractivity contribution in [3.05, 3.63) is 58.6 Å². The number of carbonyl (C=O) groups excluding carboxylic acids is 1. The molecule has 0 unspecified atom stereocenters. The lowest BCUT2D eigenvalue weighted by molar-refractivity contribution is -0.121. The van der Waals surface area contributed by atoms with Gasteiger partial charge in [0.05, 0.1) is 11.5 Å². The zero-order chi connectivity index (χ0) is 21.1. The Morgan fingerprint density at radius 2 is 1.79 bits per heavy atom. The highest BCUT2D eigenvalue weighted by Gasteiger charge is 2.42. The van der Waals surface area contributed by atoms with E-state index in [2.05, 4.69) is 0 Å². The summed E-state index contributed by atoms with van der Waals surface area (Å²) in [6.07, 6.45) is 1.24. The lowest BCUT2D eigenvalue weighted by Gasteiger charge is -2.41. The van der Waals surface area contributed by atoms with Gasteiger partial charge in [-0.25, -0.2) is 8.42 Å². The predicted molar refractivity (Wildman–Crippen MR) is 113 cm³/mol. The molecule has 0 aliphatic carbocycles. The van der Waals surface area contributed by atoms with Crippen LogP contribution in [0.4, 0.5) is 0 Å². The summed E-state index contributed by atoms with van der Waals surface area (Å²) in [5.41, 5.74) is 4.77. The number of nitrogens with zero attached hydrogens (tertiary/aromatic N) is 1. The third kappa shape index (κ3) is 5.42. The van der Waals surface area contributed by atoms with Crippen LogP contribution in [-0.2, 0) is 14.8 Å². The molecule has 1 aliphatic rings. The Morgan fingerprint density at radius 3 is 2.41 bits per heavy atom. The zero-order valence-electron chi connectivity index (χ0n) is 15.7. The van der Waals surface area contributed by atoms with Gasteiger partial charge < -0.3 is 10.5 Å². The van der Waals surface area contributed by atoms with E-state index in [4.69, 9.17) is 33.7 Å². The first kappa shape index (κ1) is 21.9. The van der Waals surface area contributed by atoms with Crippen molar-refractivity contribution < 1.29 is 17.9 Å². The summed E-state index contributed by atoms with van der Waals surface area (Å²) >= 11 is 12.0. The Hall–Kier alpha value is -1.80. The molecule has 1 saturated heterocycles. The lowest BCUT2D eigenvalue weighted by atomic mass is 9.78. The fourth-order valence-electron chi connectivity index (χ4n) is 3.63. The average molecular weight is 457 g/mol. The van der Waals surface area contributed by atoms with E-state index in [0.29, 0.717) is 25.1 Å². The Morgan fingerprint density at radius 1 is 1.14 bits per heavy atom. The molecule has 1 heterocycles. The molecule has 0 radical (unpaired) electrons. The van der Waals surface area contributed by atoms with Crippen molar-refractivity contribution in [3.63, 3.8) is 0 Å². The van der Waals surface area contributed by atoms with Gasteiger partial charge in [0, 0.05) is 35.0 Å². The molecule has 3 rings (SSSR count). The molecule has 0 saturated carbocycles. The summed E-state index contributed by atoms with van der Waals surface area (Å²) in [4.78, 5) is 11.8. The zero-order valence-corrected chi connectivity index (χ0v) is 18.0. The van der Waals surface area contributed by atoms with E-state index in [-0.39, 0.29) is 34.5 Å². The summed E-state index contributed by atoms with van der Waals surface area (Å²) in [5, 5.41) is 0.479. The second kappa shape index (κ2) is 8.92. The first-order valence-electron chi connectivity index (χ1n) is 9.13. The van der Waals surface area contributed by atoms with E-state index in [1.54, 1.807) is 0 Å². The monoisotopic (exact) mass is 456 g/mol. The number of hydrogen-bond donors (Lipinski definition) is 1. The molecule has 1 amide bonds. The minimum atomic E-state index is -3.84. The summed E-state index contributed by atoms with van der Waals surface area (Å²) in [5.74, 6) is 0.157. The molecule has 9 heteroatoms. The van der Waals surface area contributed by atoms with Crippen LogP contribution in [0, 0.1) is 5.41 Å². The van der Waals surface area contributed by atoms with E-state index in [1.165, 1.54) is 22.5 Å². The van der Waals surface area contributed by atoms with Crippen LogP contribution in [0.15, 0.2) is 53.4 Å². The minimum Gasteiger partial charge on any atom is -0.493 e. The number of halogens is 2. The standard InChI is InChI=1S/C20H22Cl2N2O4S/c21-15-9-16(22)11-18(10-15)29(26,27)24-8-4-7-20(13-24,12-19(23)25)14-28-17-5-2-1-3-6-17/h1-3,5-6,9-11H,4,7-8,12-14H2,(H2,23,25)/t20-/m0/s1. The number of para-hydroxylation sites is 1. The second-order valence-electron chi connectivity index (χ2n) is 7.29. The van der Waals surface area contributed by atoms with Gasteiger partial charge in [-0.2, -0.15) is 4.31 Å². The molecule has 1 atom stereocenters. The number of carbonyl (C=O) groups is 1. The number of piperidine rings is 1. The summed E-state index contributed by atoms with van der Waals surface area (Å²) < 4.78 is 33.6. The third-order valence-corrected chi connectivity index (χ3v) is 7.20. The molecule has 0 aromatic heterocycles. The van der Waals surface area contributed by atoms with Crippen LogP contribution in [0.5, 0.6) is 5.75 Å². The van der Waals surface area contributed by atoms with Gasteiger partial charge >= 0.3 is 0 Å². The summed E-state index contributed by atoms with van der Waals surface area (Å²) in [7, 11) is -3.84. The molecular formula is C20H22Cl2N2O4S. The molecule has 156 valence electrons. The highest BCUT2D eigenvalue weighted by molar-refractivity contribution is 7.89. The Labute approximate surface area is 180 Å². The Kier molecular flexibility index (Phi) is 6.73. The topological polar surface area (TPSA) is 89.7 Å². The minimum absolute atomic E-state index is 0.0221. The maximum atomic E-state index is 13.2. The fourth-order valence-corrected chi connectivity index (χ4v) is 5.95. The van der Waals surface area contributed by atoms with Gasteiger partial charge in [-0.3, -0.25) is 4.79 Å². The van der Waals surface area contributed by atoms with Crippen molar-refractivity contribution in [3.8, 4) is 5.75 Å². The van der Waals surface area contributed by atoms with Gasteiger partial charge in [0.2, 0.25) is 15.9 Å². The maximum absolute atomic E-state index is 13.2. The van der Waals surface area contributed by atoms with Gasteiger partial charge in [0.15, 0.2) is 0 Å². The Balaban J connectivity index is 1.86. The molecular weight excluding hydrogens is 435 g/mol. The first-order valence-corrected chi connectivity index (χ1v) is 11.3. The van der Waals surface area contributed by atoms with Crippen molar-refractivity contribution in [2.75, 3.05) is 19.7 Å². The van der Waals surface area contributed by atoms with Gasteiger partial charge in [-0.15, -0.1) is 0 Å². The average Bonchev–Trinajstić information content (AvgIpc) is 2.66. The van der Waals surface area contributed by atoms with E-state index < -0.39 is 21.3 Å². The van der Waals surface area contributed by atoms with Crippen LogP contribution in [0.1, 0.15) is 19.3 Å². The first-order chi connectivity index (χ1) is 13.7. The number of hydrogen-bond acceptors (Lipinski definition) is 4. The molecule has 0 spiro atoms. The molecule has 1 fully saturated rings. The van der Waals surface area contributed by atoms with Crippen molar-refractivity contribution in [2.24, 2.45) is 11.1 Å². The molecule has 6 nitrogen and oxygen atoms in total. The van der Waals surface area contributed by atoms with Crippen LogP contribution in [0.2, 0.25) is 10.0 Å². The van der Waals surface area contributed by atoms with E-state index in [1.807, 2.05) is 30.3 Å². The Bertz CT molecular complexity index is 965. The van der Waals surface area contributed by atoms with Crippen LogP contribution in [0.3, 0.4) is 0 Å². The van der Waals surface area contributed by atoms with Crippen LogP contribution < -0.4 is 10.5 Å². The number of nitrogens with two attached hydrogens (primary N) is 1. The molecule has 2 aromatic rings. The smallest absolute Gasteiger partial charge is 0.243 e. The predicted octanol–water partition coefficient (Wildman–Crippen LogP) is 3.72. The van der Waals surface area contributed by atoms with Crippen LogP contribution in [-0.4, -0.2) is 38.3 Å². The number of primary amides is 1. The summed E-state index contributed by atoms with van der Waals surface area (Å²) in [6.45, 7) is 0.635. The SMILES string of the molecule is NC(=O)C[C@@]1(COc2ccccc2)CCCN(S(=O)(=O)c2cc(Cl)cc(Cl)c2)C1. The highest BCUT2D eigenvalue weighted by Crippen LogP contribution is 2.37. The number of rotatable bonds is 7. The number of benzene rings is 2. The number of amides is 1. The summed E-state index contributed by atoms with van der Waals surface area (Å²) in [6, 6.07) is 13.4. The van der Waals surface area contributed by atoms with Crippen molar-refractivity contribution >= 4 is 39.1 Å². The highest BCUT2D eigenvalue weighted by atomic mass is 35.5. The van der Waals surface area contributed by atoms with Gasteiger partial charge in [0.1, 0.15) is 5.75 Å².